The number of carbonyl (C=O) groups excluding carboxylic acids is 1. The molecular weight excluding hydrogens is 347 g/mol. The van der Waals surface area contributed by atoms with Crippen molar-refractivity contribution in [2.45, 2.75) is 6.92 Å². The molecule has 1 fully saturated rings. The van der Waals surface area contributed by atoms with Gasteiger partial charge < -0.3 is 14.2 Å². The number of para-hydroxylation sites is 1. The van der Waals surface area contributed by atoms with Gasteiger partial charge in [-0.05, 0) is 42.8 Å². The Morgan fingerprint density at radius 3 is 2.44 bits per heavy atom. The molecule has 0 unspecified atom stereocenters. The summed E-state index contributed by atoms with van der Waals surface area (Å²) in [6.45, 7) is 4.08. The standard InChI is InChI=1S/C21H19FN2O3/c1-14-3-2-4-15-13-18(21(26)27-19(14)15)20(25)24-11-9-23(10-12-24)17-7-5-16(22)6-8-17/h2-8,13H,9-12H2,1H3. The number of fused-ring (bicyclic) bond motifs is 1. The van der Waals surface area contributed by atoms with Crippen molar-refractivity contribution < 1.29 is 13.6 Å². The molecule has 0 bridgehead atoms. The summed E-state index contributed by atoms with van der Waals surface area (Å²) in [6.07, 6.45) is 0. The largest absolute Gasteiger partial charge is 0.422 e. The van der Waals surface area contributed by atoms with Gasteiger partial charge in [-0.3, -0.25) is 4.79 Å². The Balaban J connectivity index is 1.53. The molecule has 1 aromatic heterocycles. The highest BCUT2D eigenvalue weighted by Gasteiger charge is 2.25. The molecule has 6 heteroatoms. The lowest BCUT2D eigenvalue weighted by Gasteiger charge is -2.36. The van der Waals surface area contributed by atoms with Gasteiger partial charge >= 0.3 is 5.63 Å². The second-order valence-corrected chi connectivity index (χ2v) is 6.70. The van der Waals surface area contributed by atoms with Gasteiger partial charge in [0, 0.05) is 37.3 Å². The predicted molar refractivity (Wildman–Crippen MR) is 102 cm³/mol. The van der Waals surface area contributed by atoms with E-state index in [0.717, 1.165) is 16.6 Å². The summed E-state index contributed by atoms with van der Waals surface area (Å²) in [6, 6.07) is 13.5. The smallest absolute Gasteiger partial charge is 0.349 e. The summed E-state index contributed by atoms with van der Waals surface area (Å²) >= 11 is 0. The molecule has 1 amide bonds. The molecule has 0 spiro atoms. The lowest BCUT2D eigenvalue weighted by atomic mass is 10.1. The molecule has 138 valence electrons. The van der Waals surface area contributed by atoms with E-state index in [1.54, 1.807) is 23.1 Å². The van der Waals surface area contributed by atoms with Crippen LogP contribution in [0.5, 0.6) is 0 Å². The van der Waals surface area contributed by atoms with Gasteiger partial charge in [-0.1, -0.05) is 18.2 Å². The predicted octanol–water partition coefficient (Wildman–Crippen LogP) is 3.20. The number of anilines is 1. The van der Waals surface area contributed by atoms with E-state index in [2.05, 4.69) is 4.90 Å². The summed E-state index contributed by atoms with van der Waals surface area (Å²) < 4.78 is 18.5. The normalized spacial score (nSPS) is 14.6. The van der Waals surface area contributed by atoms with Crippen LogP contribution in [0.2, 0.25) is 0 Å². The van der Waals surface area contributed by atoms with Gasteiger partial charge in [-0.25, -0.2) is 9.18 Å². The average molecular weight is 366 g/mol. The second kappa shape index (κ2) is 6.87. The van der Waals surface area contributed by atoms with E-state index in [0.29, 0.717) is 31.8 Å². The first kappa shape index (κ1) is 17.3. The minimum Gasteiger partial charge on any atom is -0.422 e. The van der Waals surface area contributed by atoms with Crippen LogP contribution >= 0.6 is 0 Å². The maximum absolute atomic E-state index is 13.1. The van der Waals surface area contributed by atoms with Crippen LogP contribution in [-0.4, -0.2) is 37.0 Å². The third-order valence-electron chi connectivity index (χ3n) is 4.95. The SMILES string of the molecule is Cc1cccc2cc(C(=O)N3CCN(c4ccc(F)cc4)CC3)c(=O)oc12. The van der Waals surface area contributed by atoms with E-state index in [9.17, 15) is 14.0 Å². The van der Waals surface area contributed by atoms with E-state index >= 15 is 0 Å². The van der Waals surface area contributed by atoms with Gasteiger partial charge in [0.05, 0.1) is 0 Å². The van der Waals surface area contributed by atoms with Crippen LogP contribution in [0.1, 0.15) is 15.9 Å². The number of amides is 1. The molecule has 2 aromatic carbocycles. The lowest BCUT2D eigenvalue weighted by molar-refractivity contribution is 0.0742. The molecule has 0 radical (unpaired) electrons. The minimum absolute atomic E-state index is 0.0586. The number of rotatable bonds is 2. The highest BCUT2D eigenvalue weighted by molar-refractivity contribution is 5.97. The molecule has 0 N–H and O–H groups in total. The van der Waals surface area contributed by atoms with E-state index in [4.69, 9.17) is 4.42 Å². The lowest BCUT2D eigenvalue weighted by Crippen LogP contribution is -2.49. The summed E-state index contributed by atoms with van der Waals surface area (Å²) in [4.78, 5) is 28.9. The van der Waals surface area contributed by atoms with Crippen molar-refractivity contribution in [3.8, 4) is 0 Å². The molecule has 1 saturated heterocycles. The topological polar surface area (TPSA) is 53.8 Å². The minimum atomic E-state index is -0.609. The van der Waals surface area contributed by atoms with E-state index < -0.39 is 5.63 Å². The third-order valence-corrected chi connectivity index (χ3v) is 4.95. The Hall–Kier alpha value is -3.15. The highest BCUT2D eigenvalue weighted by Crippen LogP contribution is 2.20. The Morgan fingerprint density at radius 1 is 1.04 bits per heavy atom. The number of aryl methyl sites for hydroxylation is 1. The summed E-state index contributed by atoms with van der Waals surface area (Å²) in [5.41, 5.74) is 1.74. The Morgan fingerprint density at radius 2 is 1.74 bits per heavy atom. The van der Waals surface area contributed by atoms with Gasteiger partial charge in [-0.15, -0.1) is 0 Å². The molecule has 1 aliphatic rings. The van der Waals surface area contributed by atoms with Crippen molar-refractivity contribution >= 4 is 22.6 Å². The zero-order valence-corrected chi connectivity index (χ0v) is 14.9. The van der Waals surface area contributed by atoms with Gasteiger partial charge in [-0.2, -0.15) is 0 Å². The molecule has 0 saturated carbocycles. The van der Waals surface area contributed by atoms with Gasteiger partial charge in [0.2, 0.25) is 0 Å². The number of benzene rings is 2. The van der Waals surface area contributed by atoms with Crippen molar-refractivity contribution in [3.63, 3.8) is 0 Å². The fourth-order valence-electron chi connectivity index (χ4n) is 3.43. The van der Waals surface area contributed by atoms with Crippen LogP contribution in [0, 0.1) is 12.7 Å². The van der Waals surface area contributed by atoms with Crippen molar-refractivity contribution in [2.75, 3.05) is 31.1 Å². The van der Waals surface area contributed by atoms with Crippen LogP contribution < -0.4 is 10.5 Å². The Bertz CT molecular complexity index is 1050. The summed E-state index contributed by atoms with van der Waals surface area (Å²) in [5.74, 6) is -0.586. The molecule has 0 atom stereocenters. The third kappa shape index (κ3) is 3.30. The van der Waals surface area contributed by atoms with Gasteiger partial charge in [0.25, 0.3) is 5.91 Å². The van der Waals surface area contributed by atoms with E-state index in [1.807, 2.05) is 25.1 Å². The first-order valence-corrected chi connectivity index (χ1v) is 8.86. The monoisotopic (exact) mass is 366 g/mol. The molecule has 0 aliphatic carbocycles. The molecule has 3 aromatic rings. The van der Waals surface area contributed by atoms with Crippen LogP contribution in [0.3, 0.4) is 0 Å². The zero-order chi connectivity index (χ0) is 19.0. The average Bonchev–Trinajstić information content (AvgIpc) is 2.68. The maximum Gasteiger partial charge on any atom is 0.349 e. The maximum atomic E-state index is 13.1. The molecule has 4 rings (SSSR count). The van der Waals surface area contributed by atoms with Crippen molar-refractivity contribution in [1.29, 1.82) is 0 Å². The van der Waals surface area contributed by atoms with Crippen LogP contribution in [0.25, 0.3) is 11.0 Å². The summed E-state index contributed by atoms with van der Waals surface area (Å²) in [7, 11) is 0. The molecule has 2 heterocycles. The van der Waals surface area contributed by atoms with Crippen LogP contribution in [-0.2, 0) is 0 Å². The zero-order valence-electron chi connectivity index (χ0n) is 14.9. The molecule has 27 heavy (non-hydrogen) atoms. The van der Waals surface area contributed by atoms with Crippen molar-refractivity contribution in [3.05, 3.63) is 75.9 Å². The first-order chi connectivity index (χ1) is 13.0. The fourth-order valence-corrected chi connectivity index (χ4v) is 3.43. The number of hydrogen-bond acceptors (Lipinski definition) is 4. The first-order valence-electron chi connectivity index (χ1n) is 8.86. The summed E-state index contributed by atoms with van der Waals surface area (Å²) in [5, 5.41) is 0.739. The van der Waals surface area contributed by atoms with Gasteiger partial charge in [0.1, 0.15) is 17.0 Å². The number of piperazine rings is 1. The van der Waals surface area contributed by atoms with Crippen LogP contribution in [0.15, 0.2) is 57.7 Å². The molecular formula is C21H19FN2O3. The second-order valence-electron chi connectivity index (χ2n) is 6.70. The van der Waals surface area contributed by atoms with Crippen molar-refractivity contribution in [1.82, 2.24) is 4.90 Å². The number of hydrogen-bond donors (Lipinski definition) is 0. The fraction of sp³-hybridized carbons (Fsp3) is 0.238. The highest BCUT2D eigenvalue weighted by atomic mass is 19.1. The number of halogens is 1. The molecule has 1 aliphatic heterocycles. The van der Waals surface area contributed by atoms with Crippen molar-refractivity contribution in [2.24, 2.45) is 0 Å². The number of carbonyl (C=O) groups is 1. The van der Waals surface area contributed by atoms with Crippen LogP contribution in [0.4, 0.5) is 10.1 Å². The van der Waals surface area contributed by atoms with Gasteiger partial charge in [0.15, 0.2) is 0 Å². The number of nitrogens with zero attached hydrogens (tertiary/aromatic N) is 2. The Kier molecular flexibility index (Phi) is 4.39. The quantitative estimate of drug-likeness (QED) is 0.654. The molecule has 5 nitrogen and oxygen atoms in total. The Labute approximate surface area is 155 Å². The van der Waals surface area contributed by atoms with E-state index in [-0.39, 0.29) is 17.3 Å². The van der Waals surface area contributed by atoms with E-state index in [1.165, 1.54) is 12.1 Å².